The predicted octanol–water partition coefficient (Wildman–Crippen LogP) is 0.911. The van der Waals surface area contributed by atoms with E-state index >= 15 is 0 Å². The standard InChI is InChI=1S/C6H14O4Si/c1-5-6-10-11(7-2,8-3)9-4/h5-6H,1-4H3. The van der Waals surface area contributed by atoms with Gasteiger partial charge in [-0.3, -0.25) is 0 Å². The highest BCUT2D eigenvalue weighted by Crippen LogP contribution is 2.07. The molecule has 0 aromatic rings. The van der Waals surface area contributed by atoms with Crippen molar-refractivity contribution in [3.05, 3.63) is 12.3 Å². The van der Waals surface area contributed by atoms with Crippen LogP contribution < -0.4 is 0 Å². The second kappa shape index (κ2) is 5.31. The number of hydrogen-bond acceptors (Lipinski definition) is 4. The zero-order valence-corrected chi connectivity index (χ0v) is 8.29. The van der Waals surface area contributed by atoms with Gasteiger partial charge in [0, 0.05) is 21.3 Å². The molecule has 0 aliphatic carbocycles. The van der Waals surface area contributed by atoms with E-state index in [1.54, 1.807) is 6.08 Å². The Balaban J connectivity index is 4.04. The van der Waals surface area contributed by atoms with Crippen molar-refractivity contribution < 1.29 is 17.7 Å². The molecule has 0 N–H and O–H groups in total. The molecule has 0 aromatic heterocycles. The first kappa shape index (κ1) is 10.6. The van der Waals surface area contributed by atoms with E-state index in [0.717, 1.165) is 0 Å². The fourth-order valence-electron chi connectivity index (χ4n) is 0.546. The molecule has 0 bridgehead atoms. The molecule has 0 saturated heterocycles. The van der Waals surface area contributed by atoms with Crippen molar-refractivity contribution in [1.82, 2.24) is 0 Å². The fourth-order valence-corrected chi connectivity index (χ4v) is 1.64. The largest absolute Gasteiger partial charge is 0.748 e. The molecule has 0 aliphatic rings. The fraction of sp³-hybridized carbons (Fsp3) is 0.667. The van der Waals surface area contributed by atoms with Crippen LogP contribution in [0.25, 0.3) is 0 Å². The first-order chi connectivity index (χ1) is 5.24. The van der Waals surface area contributed by atoms with Crippen molar-refractivity contribution in [2.24, 2.45) is 0 Å². The lowest BCUT2D eigenvalue weighted by molar-refractivity contribution is 0.0349. The van der Waals surface area contributed by atoms with Crippen molar-refractivity contribution in [2.75, 3.05) is 21.3 Å². The summed E-state index contributed by atoms with van der Waals surface area (Å²) < 4.78 is 20.0. The van der Waals surface area contributed by atoms with Crippen LogP contribution in [0.3, 0.4) is 0 Å². The van der Waals surface area contributed by atoms with Gasteiger partial charge in [0.1, 0.15) is 0 Å². The first-order valence-electron chi connectivity index (χ1n) is 3.19. The first-order valence-corrected chi connectivity index (χ1v) is 4.82. The molecule has 0 fully saturated rings. The summed E-state index contributed by atoms with van der Waals surface area (Å²) in [6, 6.07) is 0. The van der Waals surface area contributed by atoms with Crippen LogP contribution in [0.5, 0.6) is 0 Å². The van der Waals surface area contributed by atoms with Gasteiger partial charge < -0.3 is 17.7 Å². The molecule has 4 nitrogen and oxygen atoms in total. The van der Waals surface area contributed by atoms with E-state index in [4.69, 9.17) is 17.7 Å². The second-order valence-electron chi connectivity index (χ2n) is 1.70. The number of allylic oxidation sites excluding steroid dienone is 1. The maximum absolute atomic E-state index is 5.12. The molecule has 0 aliphatic heterocycles. The summed E-state index contributed by atoms with van der Waals surface area (Å²) in [5.74, 6) is 0. The minimum absolute atomic E-state index is 1.49. The van der Waals surface area contributed by atoms with E-state index in [2.05, 4.69) is 0 Å². The lowest BCUT2D eigenvalue weighted by atomic mass is 10.8. The highest BCUT2D eigenvalue weighted by molar-refractivity contribution is 6.53. The average Bonchev–Trinajstić information content (AvgIpc) is 2.08. The van der Waals surface area contributed by atoms with Crippen molar-refractivity contribution in [3.8, 4) is 0 Å². The Morgan fingerprint density at radius 2 is 1.45 bits per heavy atom. The summed E-state index contributed by atoms with van der Waals surface area (Å²) >= 11 is 0. The summed E-state index contributed by atoms with van der Waals surface area (Å²) in [6.45, 7) is 1.83. The molecule has 66 valence electrons. The van der Waals surface area contributed by atoms with Crippen LogP contribution in [-0.4, -0.2) is 30.4 Å². The molecule has 0 heterocycles. The van der Waals surface area contributed by atoms with Gasteiger partial charge in [-0.2, -0.15) is 0 Å². The topological polar surface area (TPSA) is 36.9 Å². The minimum atomic E-state index is -2.83. The second-order valence-corrected chi connectivity index (χ2v) is 4.16. The molecule has 0 radical (unpaired) electrons. The SMILES string of the molecule is CC=CO[Si](OC)(OC)OC. The Hall–Kier alpha value is -0.363. The van der Waals surface area contributed by atoms with Crippen LogP contribution >= 0.6 is 0 Å². The summed E-state index contributed by atoms with van der Waals surface area (Å²) in [7, 11) is 1.64. The normalized spacial score (nSPS) is 12.4. The van der Waals surface area contributed by atoms with Crippen molar-refractivity contribution in [3.63, 3.8) is 0 Å². The molecular formula is C6H14O4Si. The van der Waals surface area contributed by atoms with Gasteiger partial charge in [-0.15, -0.1) is 0 Å². The third kappa shape index (κ3) is 3.02. The van der Waals surface area contributed by atoms with Crippen LogP contribution in [-0.2, 0) is 17.7 Å². The molecule has 5 heteroatoms. The highest BCUT2D eigenvalue weighted by Gasteiger charge is 2.43. The Morgan fingerprint density at radius 3 is 1.73 bits per heavy atom. The van der Waals surface area contributed by atoms with Crippen molar-refractivity contribution >= 4 is 9.05 Å². The summed E-state index contributed by atoms with van der Waals surface area (Å²) in [5, 5.41) is 0. The van der Waals surface area contributed by atoms with Gasteiger partial charge in [0.2, 0.25) is 0 Å². The van der Waals surface area contributed by atoms with Gasteiger partial charge in [-0.1, -0.05) is 6.08 Å². The van der Waals surface area contributed by atoms with Gasteiger partial charge in [0.15, 0.2) is 0 Å². The van der Waals surface area contributed by atoms with Gasteiger partial charge in [-0.25, -0.2) is 0 Å². The van der Waals surface area contributed by atoms with E-state index in [1.807, 2.05) is 6.92 Å². The molecule has 0 atom stereocenters. The Labute approximate surface area is 68.2 Å². The number of rotatable bonds is 5. The summed E-state index contributed by atoms with van der Waals surface area (Å²) in [6.07, 6.45) is 3.22. The van der Waals surface area contributed by atoms with E-state index in [-0.39, 0.29) is 0 Å². The van der Waals surface area contributed by atoms with Gasteiger partial charge in [0.25, 0.3) is 0 Å². The number of hydrogen-bond donors (Lipinski definition) is 0. The summed E-state index contributed by atoms with van der Waals surface area (Å²) in [5.41, 5.74) is 0. The maximum atomic E-state index is 5.12. The van der Waals surface area contributed by atoms with E-state index in [9.17, 15) is 0 Å². The molecule has 0 spiro atoms. The van der Waals surface area contributed by atoms with Crippen LogP contribution in [0.1, 0.15) is 6.92 Å². The zero-order chi connectivity index (χ0) is 8.74. The molecular weight excluding hydrogens is 164 g/mol. The van der Waals surface area contributed by atoms with Crippen LogP contribution in [0.4, 0.5) is 0 Å². The lowest BCUT2D eigenvalue weighted by Crippen LogP contribution is -2.44. The van der Waals surface area contributed by atoms with Crippen LogP contribution in [0.2, 0.25) is 0 Å². The molecule has 0 unspecified atom stereocenters. The lowest BCUT2D eigenvalue weighted by Gasteiger charge is -2.20. The molecule has 11 heavy (non-hydrogen) atoms. The van der Waals surface area contributed by atoms with Crippen molar-refractivity contribution in [2.45, 2.75) is 6.92 Å². The van der Waals surface area contributed by atoms with E-state index < -0.39 is 9.05 Å². The van der Waals surface area contributed by atoms with E-state index in [0.29, 0.717) is 0 Å². The Morgan fingerprint density at radius 1 is 1.00 bits per heavy atom. The molecule has 0 rings (SSSR count). The molecule has 0 amide bonds. The predicted molar refractivity (Wildman–Crippen MR) is 42.7 cm³/mol. The molecule has 0 saturated carbocycles. The maximum Gasteiger partial charge on any atom is 0.748 e. The monoisotopic (exact) mass is 178 g/mol. The van der Waals surface area contributed by atoms with Gasteiger partial charge in [-0.05, 0) is 6.92 Å². The average molecular weight is 178 g/mol. The Kier molecular flexibility index (Phi) is 5.13. The van der Waals surface area contributed by atoms with Crippen LogP contribution in [0.15, 0.2) is 12.3 Å². The van der Waals surface area contributed by atoms with Crippen LogP contribution in [0, 0.1) is 0 Å². The van der Waals surface area contributed by atoms with Crippen molar-refractivity contribution in [1.29, 1.82) is 0 Å². The molecule has 0 aromatic carbocycles. The smallest absolute Gasteiger partial charge is 0.487 e. The highest BCUT2D eigenvalue weighted by atomic mass is 28.4. The summed E-state index contributed by atoms with van der Waals surface area (Å²) in [4.78, 5) is 0. The quantitative estimate of drug-likeness (QED) is 0.463. The Bertz CT molecular complexity index is 113. The van der Waals surface area contributed by atoms with Gasteiger partial charge >= 0.3 is 9.05 Å². The van der Waals surface area contributed by atoms with Gasteiger partial charge in [0.05, 0.1) is 6.26 Å². The third-order valence-corrected chi connectivity index (χ3v) is 3.02. The van der Waals surface area contributed by atoms with E-state index in [1.165, 1.54) is 27.6 Å². The third-order valence-electron chi connectivity index (χ3n) is 1.10. The zero-order valence-electron chi connectivity index (χ0n) is 7.29. The minimum Gasteiger partial charge on any atom is -0.487 e.